The Morgan fingerprint density at radius 2 is 1.57 bits per heavy atom. The molecule has 2 fully saturated rings. The van der Waals surface area contributed by atoms with E-state index in [0.29, 0.717) is 17.4 Å². The van der Waals surface area contributed by atoms with Crippen LogP contribution in [0, 0.1) is 17.8 Å². The van der Waals surface area contributed by atoms with Crippen molar-refractivity contribution in [1.29, 1.82) is 0 Å². The summed E-state index contributed by atoms with van der Waals surface area (Å²) in [6, 6.07) is 15.6. The molecule has 2 saturated carbocycles. The van der Waals surface area contributed by atoms with Crippen LogP contribution in [0.15, 0.2) is 48.5 Å². The van der Waals surface area contributed by atoms with Crippen LogP contribution in [0.5, 0.6) is 0 Å². The Labute approximate surface area is 136 Å². The molecule has 5 rings (SSSR count). The minimum atomic E-state index is -1.34. The smallest absolute Gasteiger partial charge is 0.199 e. The van der Waals surface area contributed by atoms with E-state index < -0.39 is 5.60 Å². The summed E-state index contributed by atoms with van der Waals surface area (Å²) in [6.45, 7) is 0. The first-order valence-electron chi connectivity index (χ1n) is 8.65. The van der Waals surface area contributed by atoms with E-state index in [4.69, 9.17) is 0 Å². The molecule has 0 amide bonds. The summed E-state index contributed by atoms with van der Waals surface area (Å²) >= 11 is 0. The fourth-order valence-electron chi connectivity index (χ4n) is 5.42. The van der Waals surface area contributed by atoms with E-state index in [2.05, 4.69) is 0 Å². The lowest BCUT2D eigenvalue weighted by Crippen LogP contribution is -2.47. The van der Waals surface area contributed by atoms with Crippen LogP contribution >= 0.6 is 0 Å². The normalized spacial score (nSPS) is 34.3. The molecule has 23 heavy (non-hydrogen) atoms. The molecule has 0 spiro atoms. The maximum absolute atomic E-state index is 13.3. The van der Waals surface area contributed by atoms with Crippen molar-refractivity contribution in [3.63, 3.8) is 0 Å². The molecule has 2 aromatic carbocycles. The maximum Gasteiger partial charge on any atom is 0.199 e. The summed E-state index contributed by atoms with van der Waals surface area (Å²) in [4.78, 5) is 13.3. The first-order chi connectivity index (χ1) is 11.2. The molecular weight excluding hydrogens is 284 g/mol. The van der Waals surface area contributed by atoms with Gasteiger partial charge in [-0.05, 0) is 47.8 Å². The molecule has 2 heteroatoms. The van der Waals surface area contributed by atoms with Gasteiger partial charge in [0.15, 0.2) is 11.4 Å². The summed E-state index contributed by atoms with van der Waals surface area (Å²) in [7, 11) is 0. The highest BCUT2D eigenvalue weighted by molar-refractivity contribution is 6.12. The zero-order chi connectivity index (χ0) is 15.6. The van der Waals surface area contributed by atoms with Crippen molar-refractivity contribution in [2.75, 3.05) is 0 Å². The first kappa shape index (κ1) is 13.5. The average Bonchev–Trinajstić information content (AvgIpc) is 3.23. The van der Waals surface area contributed by atoms with Gasteiger partial charge >= 0.3 is 0 Å². The van der Waals surface area contributed by atoms with E-state index in [1.54, 1.807) is 0 Å². The number of hydrogen-bond acceptors (Lipinski definition) is 2. The van der Waals surface area contributed by atoms with Gasteiger partial charge in [0.25, 0.3) is 0 Å². The van der Waals surface area contributed by atoms with E-state index in [-0.39, 0.29) is 11.7 Å². The van der Waals surface area contributed by atoms with Crippen LogP contribution in [-0.4, -0.2) is 10.9 Å². The van der Waals surface area contributed by atoms with Gasteiger partial charge in [0, 0.05) is 11.5 Å². The van der Waals surface area contributed by atoms with Crippen LogP contribution in [0.4, 0.5) is 0 Å². The molecule has 0 saturated heterocycles. The molecule has 116 valence electrons. The predicted octanol–water partition coefficient (Wildman–Crippen LogP) is 4.17. The zero-order valence-corrected chi connectivity index (χ0v) is 13.0. The molecule has 0 aliphatic heterocycles. The summed E-state index contributed by atoms with van der Waals surface area (Å²) < 4.78 is 0. The Hall–Kier alpha value is -1.93. The lowest BCUT2D eigenvalue weighted by atomic mass is 9.64. The Morgan fingerprint density at radius 1 is 0.870 bits per heavy atom. The molecule has 0 radical (unpaired) electrons. The molecule has 2 nitrogen and oxygen atoms in total. The van der Waals surface area contributed by atoms with E-state index in [1.165, 1.54) is 12.8 Å². The van der Waals surface area contributed by atoms with Crippen LogP contribution in [0.1, 0.15) is 41.6 Å². The lowest BCUT2D eigenvalue weighted by molar-refractivity contribution is -0.0245. The summed E-state index contributed by atoms with van der Waals surface area (Å²) in [6.07, 6.45) is 4.60. The molecule has 0 aromatic heterocycles. The number of fused-ring (bicyclic) bond motifs is 5. The number of Topliss-reactive ketones (excluding diaryl/α,β-unsaturated/α-hetero) is 1. The van der Waals surface area contributed by atoms with Crippen molar-refractivity contribution in [2.24, 2.45) is 17.8 Å². The first-order valence-corrected chi connectivity index (χ1v) is 8.65. The molecule has 3 aliphatic rings. The summed E-state index contributed by atoms with van der Waals surface area (Å²) in [5.41, 5.74) is 2.14. The van der Waals surface area contributed by atoms with Crippen molar-refractivity contribution in [1.82, 2.24) is 0 Å². The van der Waals surface area contributed by atoms with Gasteiger partial charge in [-0.15, -0.1) is 0 Å². The molecule has 2 bridgehead atoms. The molecule has 4 unspecified atom stereocenters. The van der Waals surface area contributed by atoms with Gasteiger partial charge in [-0.2, -0.15) is 0 Å². The predicted molar refractivity (Wildman–Crippen MR) is 89.0 cm³/mol. The van der Waals surface area contributed by atoms with Gasteiger partial charge in [-0.3, -0.25) is 4.79 Å². The Morgan fingerprint density at radius 3 is 2.26 bits per heavy atom. The van der Waals surface area contributed by atoms with Crippen molar-refractivity contribution in [3.8, 4) is 11.1 Å². The van der Waals surface area contributed by atoms with E-state index in [1.807, 2.05) is 48.5 Å². The second-order valence-electron chi connectivity index (χ2n) is 7.47. The monoisotopic (exact) mass is 304 g/mol. The van der Waals surface area contributed by atoms with Gasteiger partial charge in [0.2, 0.25) is 0 Å². The molecule has 1 N–H and O–H groups in total. The van der Waals surface area contributed by atoms with E-state index in [9.17, 15) is 9.90 Å². The third kappa shape index (κ3) is 1.65. The fourth-order valence-corrected chi connectivity index (χ4v) is 5.42. The number of hydrogen-bond donors (Lipinski definition) is 1. The fraction of sp³-hybridized carbons (Fsp3) is 0.381. The van der Waals surface area contributed by atoms with Crippen LogP contribution in [-0.2, 0) is 5.60 Å². The van der Waals surface area contributed by atoms with Gasteiger partial charge in [-0.1, -0.05) is 55.0 Å². The SMILES string of the molecule is O=C1c2ccccc2-c2ccccc2C1(O)C1CC2CCC1C2. The van der Waals surface area contributed by atoms with Crippen molar-refractivity contribution in [2.45, 2.75) is 31.3 Å². The van der Waals surface area contributed by atoms with E-state index >= 15 is 0 Å². The minimum absolute atomic E-state index is 0.0725. The van der Waals surface area contributed by atoms with Crippen molar-refractivity contribution < 1.29 is 9.90 Å². The molecular formula is C21H20O2. The number of rotatable bonds is 1. The van der Waals surface area contributed by atoms with Crippen molar-refractivity contribution >= 4 is 5.78 Å². The van der Waals surface area contributed by atoms with Crippen LogP contribution in [0.2, 0.25) is 0 Å². The molecule has 2 aromatic rings. The Kier molecular flexibility index (Phi) is 2.67. The lowest BCUT2D eigenvalue weighted by Gasteiger charge is -2.41. The maximum atomic E-state index is 13.3. The largest absolute Gasteiger partial charge is 0.377 e. The quantitative estimate of drug-likeness (QED) is 0.858. The third-order valence-electron chi connectivity index (χ3n) is 6.42. The number of aliphatic hydroxyl groups is 1. The van der Waals surface area contributed by atoms with Crippen molar-refractivity contribution in [3.05, 3.63) is 59.7 Å². The Bertz CT molecular complexity index is 809. The number of carbonyl (C=O) groups is 1. The zero-order valence-electron chi connectivity index (χ0n) is 13.0. The molecule has 4 atom stereocenters. The van der Waals surface area contributed by atoms with Gasteiger partial charge in [-0.25, -0.2) is 0 Å². The van der Waals surface area contributed by atoms with E-state index in [0.717, 1.165) is 29.5 Å². The molecule has 3 aliphatic carbocycles. The molecule has 0 heterocycles. The van der Waals surface area contributed by atoms with Crippen LogP contribution in [0.3, 0.4) is 0 Å². The highest BCUT2D eigenvalue weighted by atomic mass is 16.3. The Balaban J connectivity index is 1.75. The second kappa shape index (κ2) is 4.55. The topological polar surface area (TPSA) is 37.3 Å². The number of ketones is 1. The third-order valence-corrected chi connectivity index (χ3v) is 6.42. The second-order valence-corrected chi connectivity index (χ2v) is 7.47. The summed E-state index contributed by atoms with van der Waals surface area (Å²) in [5, 5.41) is 11.7. The van der Waals surface area contributed by atoms with Gasteiger partial charge in [0.1, 0.15) is 0 Å². The number of benzene rings is 2. The average molecular weight is 304 g/mol. The number of carbonyl (C=O) groups excluding carboxylic acids is 1. The van der Waals surface area contributed by atoms with Gasteiger partial charge < -0.3 is 5.11 Å². The minimum Gasteiger partial charge on any atom is -0.377 e. The highest BCUT2D eigenvalue weighted by Crippen LogP contribution is 2.57. The van der Waals surface area contributed by atoms with Crippen LogP contribution in [0.25, 0.3) is 11.1 Å². The highest BCUT2D eigenvalue weighted by Gasteiger charge is 2.56. The standard InChI is InChI=1S/C21H20O2/c22-20-17-7-2-1-5-15(17)16-6-3-4-8-18(16)21(20,23)19-12-13-9-10-14(19)11-13/h1-8,13-14,19,23H,9-12H2. The van der Waals surface area contributed by atoms with Crippen LogP contribution < -0.4 is 0 Å². The summed E-state index contributed by atoms with van der Waals surface area (Å²) in [5.74, 6) is 1.17. The van der Waals surface area contributed by atoms with Gasteiger partial charge in [0.05, 0.1) is 0 Å².